The van der Waals surface area contributed by atoms with Crippen molar-refractivity contribution >= 4 is 23.0 Å². The quantitative estimate of drug-likeness (QED) is 0.776. The van der Waals surface area contributed by atoms with E-state index >= 15 is 0 Å². The molecule has 1 aromatic carbocycles. The summed E-state index contributed by atoms with van der Waals surface area (Å²) in [4.78, 5) is 14.2. The fourth-order valence-electron chi connectivity index (χ4n) is 2.56. The molecule has 0 amide bonds. The van der Waals surface area contributed by atoms with Gasteiger partial charge in [0.2, 0.25) is 0 Å². The first-order chi connectivity index (χ1) is 8.79. The Bertz CT molecular complexity index is 456. The predicted molar refractivity (Wildman–Crippen MR) is 71.6 cm³/mol. The van der Waals surface area contributed by atoms with Crippen LogP contribution in [0.3, 0.4) is 0 Å². The predicted octanol–water partition coefficient (Wildman–Crippen LogP) is 1.52. The lowest BCUT2D eigenvalue weighted by atomic mass is 10.1. The summed E-state index contributed by atoms with van der Waals surface area (Å²) in [5.41, 5.74) is 3.83. The summed E-state index contributed by atoms with van der Waals surface area (Å²) in [7, 11) is 0. The lowest BCUT2D eigenvalue weighted by Crippen LogP contribution is -2.40. The molecule has 18 heavy (non-hydrogen) atoms. The first kappa shape index (κ1) is 11.2. The smallest absolute Gasteiger partial charge is 0.338 e. The summed E-state index contributed by atoms with van der Waals surface area (Å²) >= 11 is 0. The van der Waals surface area contributed by atoms with Crippen LogP contribution in [0.4, 0.5) is 17.1 Å². The number of rotatable bonds is 2. The number of anilines is 3. The van der Waals surface area contributed by atoms with Gasteiger partial charge in [-0.05, 0) is 19.1 Å². The molecule has 5 nitrogen and oxygen atoms in total. The average molecular weight is 247 g/mol. The molecule has 96 valence electrons. The van der Waals surface area contributed by atoms with Crippen molar-refractivity contribution in [1.82, 2.24) is 0 Å². The second kappa shape index (κ2) is 4.40. The molecule has 2 aliphatic rings. The van der Waals surface area contributed by atoms with E-state index in [1.54, 1.807) is 0 Å². The van der Waals surface area contributed by atoms with Crippen LogP contribution >= 0.6 is 0 Å². The highest BCUT2D eigenvalue weighted by Gasteiger charge is 2.25. The van der Waals surface area contributed by atoms with Gasteiger partial charge in [0, 0.05) is 26.2 Å². The summed E-state index contributed by atoms with van der Waals surface area (Å²) in [6.07, 6.45) is 0. The molecule has 0 aromatic heterocycles. The number of hydrogen-bond acceptors (Lipinski definition) is 5. The highest BCUT2D eigenvalue weighted by Crippen LogP contribution is 2.39. The van der Waals surface area contributed by atoms with Crippen molar-refractivity contribution < 1.29 is 9.53 Å². The number of esters is 1. The van der Waals surface area contributed by atoms with Crippen molar-refractivity contribution in [2.24, 2.45) is 0 Å². The van der Waals surface area contributed by atoms with Gasteiger partial charge in [0.15, 0.2) is 0 Å². The monoisotopic (exact) mass is 247 g/mol. The Hall–Kier alpha value is -1.91. The summed E-state index contributed by atoms with van der Waals surface area (Å²) in [5.74, 6) is -0.261. The van der Waals surface area contributed by atoms with Crippen LogP contribution in [0.5, 0.6) is 0 Å². The highest BCUT2D eigenvalue weighted by atomic mass is 16.5. The third-order valence-corrected chi connectivity index (χ3v) is 3.33. The zero-order chi connectivity index (χ0) is 12.5. The minimum absolute atomic E-state index is 0.261. The molecule has 0 atom stereocenters. The normalized spacial score (nSPS) is 16.4. The lowest BCUT2D eigenvalue weighted by Gasteiger charge is -2.37. The number of nitrogens with zero attached hydrogens (tertiary/aromatic N) is 1. The molecule has 2 N–H and O–H groups in total. The molecule has 0 spiro atoms. The topological polar surface area (TPSA) is 53.6 Å². The maximum Gasteiger partial charge on any atom is 0.338 e. The van der Waals surface area contributed by atoms with E-state index in [-0.39, 0.29) is 5.97 Å². The Labute approximate surface area is 106 Å². The standard InChI is InChI=1S/C13H17N3O2/c1-2-18-13(17)9-7-10-12-11(8-9)15-4-6-16(12)5-3-14-10/h7-8,14-15H,2-6H2,1H3. The van der Waals surface area contributed by atoms with Crippen molar-refractivity contribution in [3.05, 3.63) is 17.7 Å². The molecule has 3 rings (SSSR count). The molecule has 0 bridgehead atoms. The van der Waals surface area contributed by atoms with Crippen LogP contribution in [-0.4, -0.2) is 38.8 Å². The van der Waals surface area contributed by atoms with E-state index in [2.05, 4.69) is 15.5 Å². The molecule has 0 unspecified atom stereocenters. The van der Waals surface area contributed by atoms with Crippen molar-refractivity contribution in [2.75, 3.05) is 48.3 Å². The SMILES string of the molecule is CCOC(=O)c1cc2c3c(c1)NCCN3CCN2. The van der Waals surface area contributed by atoms with Gasteiger partial charge in [0.25, 0.3) is 0 Å². The maximum atomic E-state index is 11.8. The van der Waals surface area contributed by atoms with E-state index in [1.165, 1.54) is 5.69 Å². The van der Waals surface area contributed by atoms with Crippen molar-refractivity contribution in [2.45, 2.75) is 6.92 Å². The van der Waals surface area contributed by atoms with E-state index in [0.717, 1.165) is 37.6 Å². The summed E-state index contributed by atoms with van der Waals surface area (Å²) in [6, 6.07) is 3.77. The van der Waals surface area contributed by atoms with E-state index < -0.39 is 0 Å². The number of nitrogens with one attached hydrogen (secondary N) is 2. The number of hydrogen-bond donors (Lipinski definition) is 2. The molecule has 0 radical (unpaired) electrons. The molecule has 1 aromatic rings. The van der Waals surface area contributed by atoms with Gasteiger partial charge >= 0.3 is 5.97 Å². The molecule has 5 heteroatoms. The first-order valence-electron chi connectivity index (χ1n) is 6.37. The fourth-order valence-corrected chi connectivity index (χ4v) is 2.56. The van der Waals surface area contributed by atoms with Gasteiger partial charge < -0.3 is 20.3 Å². The number of benzene rings is 1. The van der Waals surface area contributed by atoms with Crippen LogP contribution in [0.2, 0.25) is 0 Å². The van der Waals surface area contributed by atoms with E-state index in [1.807, 2.05) is 19.1 Å². The Morgan fingerprint density at radius 1 is 1.28 bits per heavy atom. The highest BCUT2D eigenvalue weighted by molar-refractivity contribution is 5.97. The minimum atomic E-state index is -0.261. The zero-order valence-electron chi connectivity index (χ0n) is 10.5. The third kappa shape index (κ3) is 1.75. The van der Waals surface area contributed by atoms with Gasteiger partial charge in [-0.15, -0.1) is 0 Å². The molecule has 2 heterocycles. The Balaban J connectivity index is 2.03. The second-order valence-electron chi connectivity index (χ2n) is 4.48. The zero-order valence-corrected chi connectivity index (χ0v) is 10.5. The molecular weight excluding hydrogens is 230 g/mol. The molecule has 0 saturated heterocycles. The molecular formula is C13H17N3O2. The number of carbonyl (C=O) groups excluding carboxylic acids is 1. The van der Waals surface area contributed by atoms with Crippen LogP contribution in [-0.2, 0) is 4.74 Å². The lowest BCUT2D eigenvalue weighted by molar-refractivity contribution is 0.0526. The summed E-state index contributed by atoms with van der Waals surface area (Å²) < 4.78 is 5.06. The van der Waals surface area contributed by atoms with Crippen LogP contribution in [0.15, 0.2) is 12.1 Å². The average Bonchev–Trinajstić information content (AvgIpc) is 2.39. The van der Waals surface area contributed by atoms with Crippen molar-refractivity contribution in [3.63, 3.8) is 0 Å². The van der Waals surface area contributed by atoms with Gasteiger partial charge in [-0.1, -0.05) is 0 Å². The molecule has 0 saturated carbocycles. The Morgan fingerprint density at radius 2 is 1.89 bits per heavy atom. The molecule has 0 aliphatic carbocycles. The Morgan fingerprint density at radius 3 is 2.44 bits per heavy atom. The Kier molecular flexibility index (Phi) is 2.74. The first-order valence-corrected chi connectivity index (χ1v) is 6.37. The van der Waals surface area contributed by atoms with E-state index in [0.29, 0.717) is 12.2 Å². The van der Waals surface area contributed by atoms with Gasteiger partial charge in [-0.2, -0.15) is 0 Å². The number of carbonyl (C=O) groups is 1. The van der Waals surface area contributed by atoms with Crippen LogP contribution < -0.4 is 15.5 Å². The van der Waals surface area contributed by atoms with Crippen molar-refractivity contribution in [3.8, 4) is 0 Å². The van der Waals surface area contributed by atoms with Crippen LogP contribution in [0, 0.1) is 0 Å². The van der Waals surface area contributed by atoms with Crippen molar-refractivity contribution in [1.29, 1.82) is 0 Å². The molecule has 2 aliphatic heterocycles. The van der Waals surface area contributed by atoms with Gasteiger partial charge in [-0.25, -0.2) is 4.79 Å². The summed E-state index contributed by atoms with van der Waals surface area (Å²) in [5, 5.41) is 6.70. The van der Waals surface area contributed by atoms with Crippen LogP contribution in [0.25, 0.3) is 0 Å². The van der Waals surface area contributed by atoms with Gasteiger partial charge in [-0.3, -0.25) is 0 Å². The largest absolute Gasteiger partial charge is 0.462 e. The van der Waals surface area contributed by atoms with E-state index in [9.17, 15) is 4.79 Å². The molecule has 0 fully saturated rings. The fraction of sp³-hybridized carbons (Fsp3) is 0.462. The van der Waals surface area contributed by atoms with Crippen LogP contribution in [0.1, 0.15) is 17.3 Å². The maximum absolute atomic E-state index is 11.8. The van der Waals surface area contributed by atoms with Gasteiger partial charge in [0.05, 0.1) is 29.2 Å². The minimum Gasteiger partial charge on any atom is -0.462 e. The third-order valence-electron chi connectivity index (χ3n) is 3.33. The van der Waals surface area contributed by atoms with E-state index in [4.69, 9.17) is 4.74 Å². The second-order valence-corrected chi connectivity index (χ2v) is 4.48. The van der Waals surface area contributed by atoms with Gasteiger partial charge in [0.1, 0.15) is 0 Å². The summed E-state index contributed by atoms with van der Waals surface area (Å²) in [6.45, 7) is 6.08. The number of ether oxygens (including phenoxy) is 1.